The minimum absolute atomic E-state index is 0.195. The number of hydrogen-bond donors (Lipinski definition) is 3. The second kappa shape index (κ2) is 13.6. The lowest BCUT2D eigenvalue weighted by Crippen LogP contribution is -2.58. The molecule has 10 heteroatoms. The van der Waals surface area contributed by atoms with E-state index in [2.05, 4.69) is 61.0 Å². The number of para-hydroxylation sites is 1. The van der Waals surface area contributed by atoms with Crippen molar-refractivity contribution in [1.29, 1.82) is 0 Å². The fraction of sp³-hybridized carbons (Fsp3) is 0.594. The monoisotopic (exact) mass is 578 g/mol. The molecule has 0 radical (unpaired) electrons. The number of ether oxygens (including phenoxy) is 1. The maximum absolute atomic E-state index is 12.9. The van der Waals surface area contributed by atoms with Crippen molar-refractivity contribution in [2.45, 2.75) is 50.6 Å². The number of nitrogens with zero attached hydrogens (tertiary/aromatic N) is 3. The predicted molar refractivity (Wildman–Crippen MR) is 162 cm³/mol. The topological polar surface area (TPSA) is 106 Å². The molecule has 10 nitrogen and oxygen atoms in total. The van der Waals surface area contributed by atoms with Crippen LogP contribution in [0, 0.1) is 11.3 Å². The summed E-state index contributed by atoms with van der Waals surface area (Å²) in [5, 5.41) is 8.46. The van der Waals surface area contributed by atoms with Crippen LogP contribution in [0.4, 0.5) is 5.69 Å². The smallest absolute Gasteiger partial charge is 0.247 e. The summed E-state index contributed by atoms with van der Waals surface area (Å²) in [6, 6.07) is 9.36. The number of anilines is 1. The van der Waals surface area contributed by atoms with E-state index in [-0.39, 0.29) is 24.7 Å². The number of rotatable bonds is 11. The van der Waals surface area contributed by atoms with Crippen LogP contribution in [0.2, 0.25) is 0 Å². The molecule has 42 heavy (non-hydrogen) atoms. The molecule has 3 aliphatic heterocycles. The highest BCUT2D eigenvalue weighted by molar-refractivity contribution is 5.91. The molecule has 0 bridgehead atoms. The Morgan fingerprint density at radius 1 is 1.10 bits per heavy atom. The first kappa shape index (κ1) is 29.9. The third-order valence-corrected chi connectivity index (χ3v) is 9.49. The number of carbonyl (C=O) groups excluding carboxylic acids is 3. The Kier molecular flexibility index (Phi) is 9.72. The molecule has 1 aromatic carbocycles. The quantitative estimate of drug-likeness (QED) is 0.342. The molecule has 3 N–H and O–H groups in total. The summed E-state index contributed by atoms with van der Waals surface area (Å²) in [6.45, 7) is 7.40. The second-order valence-electron chi connectivity index (χ2n) is 12.3. The van der Waals surface area contributed by atoms with Crippen LogP contribution in [0.25, 0.3) is 0 Å². The second-order valence-corrected chi connectivity index (χ2v) is 12.3. The molecule has 3 heterocycles. The van der Waals surface area contributed by atoms with Gasteiger partial charge in [0.25, 0.3) is 0 Å². The first-order chi connectivity index (χ1) is 20.4. The molecule has 2 unspecified atom stereocenters. The van der Waals surface area contributed by atoms with Gasteiger partial charge in [-0.25, -0.2) is 0 Å². The van der Waals surface area contributed by atoms with Crippen LogP contribution >= 0.6 is 0 Å². The molecular formula is C32H46N6O4. The molecular weight excluding hydrogens is 532 g/mol. The van der Waals surface area contributed by atoms with E-state index in [4.69, 9.17) is 4.74 Å². The third-order valence-electron chi connectivity index (χ3n) is 9.49. The lowest BCUT2D eigenvalue weighted by Gasteiger charge is -2.55. The number of hydrogen-bond acceptors (Lipinski definition) is 8. The molecule has 1 aliphatic carbocycles. The number of benzene rings is 1. The van der Waals surface area contributed by atoms with Crippen LogP contribution in [-0.4, -0.2) is 100.0 Å². The third kappa shape index (κ3) is 6.91. The average molecular weight is 579 g/mol. The van der Waals surface area contributed by atoms with E-state index >= 15 is 0 Å². The number of piperazine rings is 1. The number of dihydropyridines is 1. The Labute approximate surface area is 249 Å². The summed E-state index contributed by atoms with van der Waals surface area (Å²) in [7, 11) is 3.13. The zero-order valence-corrected chi connectivity index (χ0v) is 25.0. The van der Waals surface area contributed by atoms with Crippen LogP contribution in [0.1, 0.15) is 38.5 Å². The zero-order valence-electron chi connectivity index (χ0n) is 25.0. The summed E-state index contributed by atoms with van der Waals surface area (Å²) in [5.41, 5.74) is 2.83. The van der Waals surface area contributed by atoms with Gasteiger partial charge in [-0.3, -0.25) is 14.5 Å². The van der Waals surface area contributed by atoms with E-state index in [0.717, 1.165) is 44.1 Å². The van der Waals surface area contributed by atoms with Gasteiger partial charge in [0.05, 0.1) is 12.8 Å². The molecule has 0 aromatic heterocycles. The Morgan fingerprint density at radius 3 is 2.45 bits per heavy atom. The van der Waals surface area contributed by atoms with Crippen molar-refractivity contribution in [3.63, 3.8) is 0 Å². The van der Waals surface area contributed by atoms with E-state index in [1.165, 1.54) is 58.1 Å². The fourth-order valence-corrected chi connectivity index (χ4v) is 6.95. The van der Waals surface area contributed by atoms with Gasteiger partial charge in [0.2, 0.25) is 11.8 Å². The molecule has 2 amide bonds. The van der Waals surface area contributed by atoms with Crippen LogP contribution < -0.4 is 20.9 Å². The number of aldehydes is 1. The van der Waals surface area contributed by atoms with E-state index in [9.17, 15) is 14.4 Å². The molecule has 1 spiro atoms. The van der Waals surface area contributed by atoms with E-state index < -0.39 is 12.1 Å². The summed E-state index contributed by atoms with van der Waals surface area (Å²) in [4.78, 5) is 43.3. The van der Waals surface area contributed by atoms with Gasteiger partial charge in [-0.05, 0) is 56.2 Å². The van der Waals surface area contributed by atoms with Gasteiger partial charge in [0.1, 0.15) is 24.1 Å². The lowest BCUT2D eigenvalue weighted by molar-refractivity contribution is -0.129. The molecule has 1 aromatic rings. The standard InChI is InChI=1S/C32H46N6O4/c1-33-30(40)26(9-6-18-39)35-31(41)27-19-29(42-2)28(20-34-27)37-16-14-36(15-17-37)21-24-10-12-32(13-11-24)22-38(23-32)25-7-4-3-5-8-25/h3-5,7-8,18-20,24,26-27,34H,6,9-17,21-23H2,1-2H3,(H,33,40)(H,35,41). The minimum atomic E-state index is -0.764. The Bertz CT molecular complexity index is 1150. The molecule has 5 rings (SSSR count). The van der Waals surface area contributed by atoms with Crippen molar-refractivity contribution in [3.05, 3.63) is 54.1 Å². The number of nitrogens with one attached hydrogen (secondary N) is 3. The number of methoxy groups -OCH3 is 1. The van der Waals surface area contributed by atoms with Gasteiger partial charge >= 0.3 is 0 Å². The Hall–Kier alpha value is -3.53. The highest BCUT2D eigenvalue weighted by Gasteiger charge is 2.45. The highest BCUT2D eigenvalue weighted by Crippen LogP contribution is 2.47. The van der Waals surface area contributed by atoms with E-state index in [1.54, 1.807) is 13.2 Å². The molecule has 4 aliphatic rings. The molecule has 228 valence electrons. The van der Waals surface area contributed by atoms with Gasteiger partial charge in [0.15, 0.2) is 0 Å². The fourth-order valence-electron chi connectivity index (χ4n) is 6.95. The summed E-state index contributed by atoms with van der Waals surface area (Å²) in [6.07, 6.45) is 10.1. The first-order valence-corrected chi connectivity index (χ1v) is 15.4. The SMILES string of the molecule is CNC(=O)C(CCC=O)NC(=O)C1C=C(OC)C(N2CCN(CC3CCC4(CC3)CN(c3ccccc3)C4)CC2)=CN1. The van der Waals surface area contributed by atoms with Crippen LogP contribution in [-0.2, 0) is 19.1 Å². The van der Waals surface area contributed by atoms with Crippen LogP contribution in [0.5, 0.6) is 0 Å². The highest BCUT2D eigenvalue weighted by atomic mass is 16.5. The van der Waals surface area contributed by atoms with Crippen molar-refractivity contribution in [2.75, 3.05) is 64.9 Å². The number of carbonyl (C=O) groups is 3. The van der Waals surface area contributed by atoms with Crippen molar-refractivity contribution in [1.82, 2.24) is 25.8 Å². The van der Waals surface area contributed by atoms with Gasteiger partial charge < -0.3 is 35.3 Å². The van der Waals surface area contributed by atoms with Crippen LogP contribution in [0.15, 0.2) is 54.1 Å². The maximum Gasteiger partial charge on any atom is 0.247 e. The summed E-state index contributed by atoms with van der Waals surface area (Å²) >= 11 is 0. The minimum Gasteiger partial charge on any atom is -0.495 e. The Balaban J connectivity index is 1.06. The van der Waals surface area contributed by atoms with Crippen LogP contribution in [0.3, 0.4) is 0 Å². The van der Waals surface area contributed by atoms with E-state index in [0.29, 0.717) is 11.2 Å². The van der Waals surface area contributed by atoms with Gasteiger partial charge in [0, 0.05) is 76.6 Å². The van der Waals surface area contributed by atoms with Crippen molar-refractivity contribution in [2.24, 2.45) is 11.3 Å². The zero-order chi connectivity index (χ0) is 29.5. The van der Waals surface area contributed by atoms with Crippen molar-refractivity contribution >= 4 is 23.8 Å². The molecule has 3 fully saturated rings. The largest absolute Gasteiger partial charge is 0.495 e. The number of likely N-dealkylation sites (N-methyl/N-ethyl adjacent to an activating group) is 1. The average Bonchev–Trinajstić information content (AvgIpc) is 3.02. The molecule has 2 saturated heterocycles. The summed E-state index contributed by atoms with van der Waals surface area (Å²) < 4.78 is 5.68. The van der Waals surface area contributed by atoms with E-state index in [1.807, 2.05) is 6.20 Å². The maximum atomic E-state index is 12.9. The summed E-state index contributed by atoms with van der Waals surface area (Å²) in [5.74, 6) is 0.765. The predicted octanol–water partition coefficient (Wildman–Crippen LogP) is 1.85. The molecule has 1 saturated carbocycles. The lowest BCUT2D eigenvalue weighted by atomic mass is 9.65. The van der Waals surface area contributed by atoms with Crippen molar-refractivity contribution in [3.8, 4) is 0 Å². The van der Waals surface area contributed by atoms with Crippen molar-refractivity contribution < 1.29 is 19.1 Å². The molecule has 2 atom stereocenters. The first-order valence-electron chi connectivity index (χ1n) is 15.4. The number of amides is 2. The van der Waals surface area contributed by atoms with Gasteiger partial charge in [-0.15, -0.1) is 0 Å². The normalized spacial score (nSPS) is 23.1. The van der Waals surface area contributed by atoms with Gasteiger partial charge in [-0.2, -0.15) is 0 Å². The Morgan fingerprint density at radius 2 is 1.81 bits per heavy atom. The van der Waals surface area contributed by atoms with Gasteiger partial charge in [-0.1, -0.05) is 18.2 Å².